The van der Waals surface area contributed by atoms with E-state index in [0.717, 1.165) is 5.56 Å². The highest BCUT2D eigenvalue weighted by atomic mass is 16.5. The number of aliphatic hydroxyl groups excluding tert-OH is 1. The minimum Gasteiger partial charge on any atom is -0.467 e. The minimum atomic E-state index is -1.29. The molecule has 63 heavy (non-hydrogen) atoms. The summed E-state index contributed by atoms with van der Waals surface area (Å²) >= 11 is 0. The summed E-state index contributed by atoms with van der Waals surface area (Å²) < 4.78 is 4.98. The number of ether oxygens (including phenoxy) is 1. The Kier molecular flexibility index (Phi) is 18.3. The third-order valence-corrected chi connectivity index (χ3v) is 12.6. The Bertz CT molecular complexity index is 1890. The van der Waals surface area contributed by atoms with Gasteiger partial charge in [0, 0.05) is 26.2 Å². The van der Waals surface area contributed by atoms with Crippen LogP contribution in [-0.2, 0) is 44.7 Å². The van der Waals surface area contributed by atoms with Crippen LogP contribution in [0.3, 0.4) is 0 Å². The molecule has 15 heteroatoms. The van der Waals surface area contributed by atoms with Crippen molar-refractivity contribution in [2.75, 3.05) is 27.2 Å². The molecule has 0 radical (unpaired) electrons. The van der Waals surface area contributed by atoms with Crippen LogP contribution in [0, 0.1) is 29.6 Å². The van der Waals surface area contributed by atoms with Gasteiger partial charge in [0.25, 0.3) is 5.91 Å². The number of hydrogen-bond donors (Lipinski definition) is 4. The second-order valence-electron chi connectivity index (χ2n) is 18.3. The minimum absolute atomic E-state index is 0.211. The lowest BCUT2D eigenvalue weighted by atomic mass is 9.90. The molecule has 4 N–H and O–H groups in total. The molecule has 6 amide bonds. The number of aliphatic hydroxyl groups is 1. The Morgan fingerprint density at radius 3 is 1.75 bits per heavy atom. The van der Waals surface area contributed by atoms with Gasteiger partial charge < -0.3 is 40.5 Å². The van der Waals surface area contributed by atoms with E-state index in [1.54, 1.807) is 51.1 Å². The Morgan fingerprint density at radius 2 is 1.24 bits per heavy atom. The van der Waals surface area contributed by atoms with Crippen LogP contribution in [0.1, 0.15) is 98.2 Å². The van der Waals surface area contributed by atoms with E-state index < -0.39 is 95.6 Å². The second kappa shape index (κ2) is 22.9. The van der Waals surface area contributed by atoms with E-state index in [9.17, 15) is 38.7 Å². The fourth-order valence-electron chi connectivity index (χ4n) is 8.89. The Hall–Kier alpha value is -5.31. The number of nitrogens with one attached hydrogen (secondary N) is 3. The largest absolute Gasteiger partial charge is 0.467 e. The van der Waals surface area contributed by atoms with Crippen LogP contribution in [0.4, 0.5) is 0 Å². The summed E-state index contributed by atoms with van der Waals surface area (Å²) in [5.74, 6) is -5.54. The first-order chi connectivity index (χ1) is 29.8. The van der Waals surface area contributed by atoms with E-state index in [4.69, 9.17) is 4.74 Å². The van der Waals surface area contributed by atoms with Gasteiger partial charge in [-0.1, -0.05) is 116 Å². The number of likely N-dealkylation sites (tertiary alicyclic amines) is 2. The van der Waals surface area contributed by atoms with E-state index in [1.165, 1.54) is 28.9 Å². The van der Waals surface area contributed by atoms with Gasteiger partial charge in [0.15, 0.2) is 6.04 Å². The molecule has 4 rings (SSSR count). The molecule has 2 heterocycles. The molecule has 2 saturated heterocycles. The Balaban J connectivity index is 1.56. The van der Waals surface area contributed by atoms with Crippen LogP contribution in [0.5, 0.6) is 0 Å². The third-order valence-electron chi connectivity index (χ3n) is 12.6. The molecule has 0 bridgehead atoms. The van der Waals surface area contributed by atoms with Gasteiger partial charge in [0.05, 0.1) is 13.0 Å². The maximum Gasteiger partial charge on any atom is 0.333 e. The zero-order valence-electron chi connectivity index (χ0n) is 38.7. The first kappa shape index (κ1) is 50.3. The zero-order valence-corrected chi connectivity index (χ0v) is 38.7. The summed E-state index contributed by atoms with van der Waals surface area (Å²) in [7, 11) is 2.74. The number of carbonyl (C=O) groups is 7. The fourth-order valence-corrected chi connectivity index (χ4v) is 8.89. The number of carbonyl (C=O) groups excluding carboxylic acids is 7. The monoisotopic (exact) mass is 875 g/mol. The molecule has 2 fully saturated rings. The Labute approximate surface area is 373 Å². The molecule has 9 atom stereocenters. The van der Waals surface area contributed by atoms with Crippen molar-refractivity contribution in [3.05, 3.63) is 71.8 Å². The smallest absolute Gasteiger partial charge is 0.333 e. The molecule has 0 aliphatic carbocycles. The van der Waals surface area contributed by atoms with Gasteiger partial charge in [-0.15, -0.1) is 0 Å². The van der Waals surface area contributed by atoms with Gasteiger partial charge in [-0.3, -0.25) is 28.8 Å². The van der Waals surface area contributed by atoms with Crippen molar-refractivity contribution < 1.29 is 43.4 Å². The van der Waals surface area contributed by atoms with E-state index >= 15 is 0 Å². The lowest BCUT2D eigenvalue weighted by Gasteiger charge is -2.37. The zero-order chi connectivity index (χ0) is 46.7. The van der Waals surface area contributed by atoms with E-state index in [0.29, 0.717) is 37.7 Å². The van der Waals surface area contributed by atoms with Crippen molar-refractivity contribution in [1.29, 1.82) is 0 Å². The van der Waals surface area contributed by atoms with Crippen LogP contribution in [0.15, 0.2) is 60.7 Å². The normalized spacial score (nSPS) is 19.7. The highest BCUT2D eigenvalue weighted by Crippen LogP contribution is 2.27. The SMILES string of the molecule is COC(=O)[C@@H](NC(=O)[C@H](C)[C@H](NC(=O)[C@@H]1CCCN1C(=O)[C@@H](NC(=O)[C@@H]1CCCN1C(=O)[C@@H](C(C)C)N(C)C(=O)[C@H](O)C(C)C)[C@H](C)Cc1ccccc1)C(C)C)c1ccccc1. The van der Waals surface area contributed by atoms with Crippen LogP contribution >= 0.6 is 0 Å². The van der Waals surface area contributed by atoms with Crippen molar-refractivity contribution in [2.45, 2.75) is 130 Å². The molecule has 346 valence electrons. The van der Waals surface area contributed by atoms with Gasteiger partial charge in [-0.25, -0.2) is 4.79 Å². The summed E-state index contributed by atoms with van der Waals surface area (Å²) in [6, 6.07) is 12.8. The standard InChI is InChI=1S/C48H70N6O9/c1-28(2)37(32(8)42(56)51-39(48(62)63-10)34-21-15-12-16-22-34)49-43(57)35-23-17-25-53(35)45(59)38(31(7)27-33-19-13-11-14-20-33)50-44(58)36-24-18-26-54(36)46(60)40(29(3)4)52(9)47(61)41(55)30(5)6/h11-16,19-22,28-32,35-41,55H,17-18,23-27H2,1-10H3,(H,49,57)(H,50,58)(H,51,56)/t31-,32-,35+,36+,37-,38+,39+,40-,41-/m1/s1. The topological polar surface area (TPSA) is 195 Å². The fraction of sp³-hybridized carbons (Fsp3) is 0.604. The van der Waals surface area contributed by atoms with Crippen molar-refractivity contribution >= 4 is 41.4 Å². The molecule has 2 aliphatic rings. The summed E-state index contributed by atoms with van der Waals surface area (Å²) in [5.41, 5.74) is 1.50. The van der Waals surface area contributed by atoms with Gasteiger partial charge in [0.2, 0.25) is 29.5 Å². The molecular formula is C48H70N6O9. The number of nitrogens with zero attached hydrogens (tertiary/aromatic N) is 3. The lowest BCUT2D eigenvalue weighted by Crippen LogP contribution is -2.61. The first-order valence-corrected chi connectivity index (χ1v) is 22.4. The van der Waals surface area contributed by atoms with E-state index in [1.807, 2.05) is 65.0 Å². The number of rotatable bonds is 19. The van der Waals surface area contributed by atoms with Crippen molar-refractivity contribution in [3.8, 4) is 0 Å². The number of benzene rings is 2. The van der Waals surface area contributed by atoms with Crippen molar-refractivity contribution in [3.63, 3.8) is 0 Å². The summed E-state index contributed by atoms with van der Waals surface area (Å²) in [6.45, 7) is 14.9. The molecular weight excluding hydrogens is 805 g/mol. The van der Waals surface area contributed by atoms with Gasteiger partial charge in [-0.05, 0) is 66.9 Å². The average molecular weight is 875 g/mol. The molecule has 2 aromatic carbocycles. The molecule has 15 nitrogen and oxygen atoms in total. The number of esters is 1. The quantitative estimate of drug-likeness (QED) is 0.153. The molecule has 0 aromatic heterocycles. The molecule has 2 aliphatic heterocycles. The Morgan fingerprint density at radius 1 is 0.714 bits per heavy atom. The van der Waals surface area contributed by atoms with Crippen LogP contribution < -0.4 is 16.0 Å². The van der Waals surface area contributed by atoms with Gasteiger partial charge in [0.1, 0.15) is 30.3 Å². The number of likely N-dealkylation sites (N-methyl/N-ethyl adjacent to an activating group) is 1. The van der Waals surface area contributed by atoms with E-state index in [-0.39, 0.29) is 30.8 Å². The predicted molar refractivity (Wildman–Crippen MR) is 238 cm³/mol. The van der Waals surface area contributed by atoms with Crippen molar-refractivity contribution in [2.24, 2.45) is 29.6 Å². The second-order valence-corrected chi connectivity index (χ2v) is 18.3. The average Bonchev–Trinajstić information content (AvgIpc) is 3.97. The van der Waals surface area contributed by atoms with Gasteiger partial charge >= 0.3 is 5.97 Å². The van der Waals surface area contributed by atoms with E-state index in [2.05, 4.69) is 16.0 Å². The van der Waals surface area contributed by atoms with Crippen LogP contribution in [-0.4, -0.2) is 125 Å². The maximum absolute atomic E-state index is 14.8. The number of amides is 6. The van der Waals surface area contributed by atoms with Crippen LogP contribution in [0.25, 0.3) is 0 Å². The molecule has 2 aromatic rings. The summed E-state index contributed by atoms with van der Waals surface area (Å²) in [6.07, 6.45) is 0.946. The van der Waals surface area contributed by atoms with Crippen LogP contribution in [0.2, 0.25) is 0 Å². The number of methoxy groups -OCH3 is 1. The highest BCUT2D eigenvalue weighted by molar-refractivity contribution is 5.97. The molecule has 0 unspecified atom stereocenters. The summed E-state index contributed by atoms with van der Waals surface area (Å²) in [5, 5.41) is 19.4. The molecule has 0 saturated carbocycles. The highest BCUT2D eigenvalue weighted by Gasteiger charge is 2.45. The first-order valence-electron chi connectivity index (χ1n) is 22.4. The summed E-state index contributed by atoms with van der Waals surface area (Å²) in [4.78, 5) is 102. The van der Waals surface area contributed by atoms with Gasteiger partial charge in [-0.2, -0.15) is 0 Å². The molecule has 0 spiro atoms. The predicted octanol–water partition coefficient (Wildman–Crippen LogP) is 3.64. The maximum atomic E-state index is 14.8. The van der Waals surface area contributed by atoms with Crippen molar-refractivity contribution in [1.82, 2.24) is 30.7 Å². The third kappa shape index (κ3) is 12.5. The number of hydrogen-bond acceptors (Lipinski definition) is 9. The lowest BCUT2D eigenvalue weighted by molar-refractivity contribution is -0.154.